The lowest BCUT2D eigenvalue weighted by atomic mass is 10.1. The molecule has 2 rings (SSSR count). The number of carboxylic acid groups (broad SMARTS) is 1. The van der Waals surface area contributed by atoms with Gasteiger partial charge in [-0.1, -0.05) is 17.7 Å². The fourth-order valence-corrected chi connectivity index (χ4v) is 1.88. The molecule has 0 unspecified atom stereocenters. The predicted octanol–water partition coefficient (Wildman–Crippen LogP) is 2.96. The van der Waals surface area contributed by atoms with Crippen molar-refractivity contribution in [3.63, 3.8) is 0 Å². The zero-order valence-corrected chi connectivity index (χ0v) is 11.0. The number of halogens is 3. The zero-order valence-electron chi connectivity index (χ0n) is 10.2. The first-order valence-corrected chi connectivity index (χ1v) is 5.92. The molecule has 0 saturated carbocycles. The minimum Gasteiger partial charge on any atom is -0.478 e. The second-order valence-corrected chi connectivity index (χ2v) is 4.29. The first kappa shape index (κ1) is 14.9. The number of carboxylic acids is 1. The summed E-state index contributed by atoms with van der Waals surface area (Å²) < 4.78 is 26.4. The molecule has 0 aliphatic carbocycles. The summed E-state index contributed by atoms with van der Waals surface area (Å²) >= 11 is 5.73. The molecule has 0 saturated heterocycles. The van der Waals surface area contributed by atoms with Crippen molar-refractivity contribution in [1.82, 2.24) is 4.98 Å². The van der Waals surface area contributed by atoms with Gasteiger partial charge in [-0.3, -0.25) is 4.79 Å². The molecule has 1 aromatic heterocycles. The van der Waals surface area contributed by atoms with Crippen molar-refractivity contribution >= 4 is 29.2 Å². The van der Waals surface area contributed by atoms with E-state index >= 15 is 0 Å². The molecule has 0 aliphatic heterocycles. The van der Waals surface area contributed by atoms with E-state index in [1.165, 1.54) is 18.2 Å². The maximum absolute atomic E-state index is 13.5. The number of pyridine rings is 1. The van der Waals surface area contributed by atoms with Gasteiger partial charge in [0.05, 0.1) is 16.3 Å². The molecule has 8 heteroatoms. The maximum atomic E-state index is 13.5. The minimum absolute atomic E-state index is 0.0957. The first-order chi connectivity index (χ1) is 9.91. The van der Waals surface area contributed by atoms with Gasteiger partial charge >= 0.3 is 5.97 Å². The monoisotopic (exact) mass is 312 g/mol. The van der Waals surface area contributed by atoms with Crippen LogP contribution in [0.2, 0.25) is 5.02 Å². The molecule has 21 heavy (non-hydrogen) atoms. The fraction of sp³-hybridized carbons (Fsp3) is 0. The lowest BCUT2D eigenvalue weighted by Gasteiger charge is -2.10. The van der Waals surface area contributed by atoms with Crippen LogP contribution in [0.1, 0.15) is 20.7 Å². The van der Waals surface area contributed by atoms with E-state index in [-0.39, 0.29) is 16.3 Å². The molecule has 2 aromatic rings. The van der Waals surface area contributed by atoms with Crippen LogP contribution in [0.3, 0.4) is 0 Å². The normalized spacial score (nSPS) is 10.2. The summed E-state index contributed by atoms with van der Waals surface area (Å²) in [4.78, 5) is 26.0. The molecular formula is C13H7ClF2N2O3. The highest BCUT2D eigenvalue weighted by Crippen LogP contribution is 2.25. The van der Waals surface area contributed by atoms with Crippen molar-refractivity contribution in [2.45, 2.75) is 0 Å². The summed E-state index contributed by atoms with van der Waals surface area (Å²) in [7, 11) is 0. The Balaban J connectivity index is 2.39. The number of hydrogen-bond donors (Lipinski definition) is 2. The van der Waals surface area contributed by atoms with Gasteiger partial charge in [0.25, 0.3) is 5.91 Å². The number of nitrogens with zero attached hydrogens (tertiary/aromatic N) is 1. The first-order valence-electron chi connectivity index (χ1n) is 5.55. The Kier molecular flexibility index (Phi) is 4.13. The molecule has 0 atom stereocenters. The summed E-state index contributed by atoms with van der Waals surface area (Å²) in [5.74, 6) is -5.23. The maximum Gasteiger partial charge on any atom is 0.339 e. The van der Waals surface area contributed by atoms with Gasteiger partial charge in [0.15, 0.2) is 5.82 Å². The van der Waals surface area contributed by atoms with E-state index in [9.17, 15) is 18.4 Å². The SMILES string of the molecule is O=C(Nc1cccc(Cl)c1C(=O)O)c1ccnc(F)c1F. The predicted molar refractivity (Wildman–Crippen MR) is 70.5 cm³/mol. The number of amides is 1. The van der Waals surface area contributed by atoms with Crippen LogP contribution in [0, 0.1) is 11.8 Å². The Morgan fingerprint density at radius 2 is 1.95 bits per heavy atom. The minimum atomic E-state index is -1.42. The summed E-state index contributed by atoms with van der Waals surface area (Å²) in [6.45, 7) is 0. The number of rotatable bonds is 3. The topological polar surface area (TPSA) is 79.3 Å². The summed E-state index contributed by atoms with van der Waals surface area (Å²) in [6.07, 6.45) is 0.920. The Labute approximate surface area is 122 Å². The molecule has 0 fully saturated rings. The van der Waals surface area contributed by atoms with Crippen molar-refractivity contribution < 1.29 is 23.5 Å². The molecule has 2 N–H and O–H groups in total. The molecule has 0 aliphatic rings. The van der Waals surface area contributed by atoms with Gasteiger partial charge in [-0.2, -0.15) is 4.39 Å². The third-order valence-corrected chi connectivity index (χ3v) is 2.88. The molecule has 5 nitrogen and oxygen atoms in total. The molecule has 0 spiro atoms. The van der Waals surface area contributed by atoms with Crippen LogP contribution in [0.4, 0.5) is 14.5 Å². The highest BCUT2D eigenvalue weighted by atomic mass is 35.5. The molecule has 108 valence electrons. The second kappa shape index (κ2) is 5.84. The van der Waals surface area contributed by atoms with Crippen molar-refractivity contribution in [3.8, 4) is 0 Å². The van der Waals surface area contributed by atoms with Crippen LogP contribution >= 0.6 is 11.6 Å². The second-order valence-electron chi connectivity index (χ2n) is 3.88. The van der Waals surface area contributed by atoms with E-state index in [4.69, 9.17) is 16.7 Å². The quantitative estimate of drug-likeness (QED) is 0.854. The Bertz CT molecular complexity index is 737. The highest BCUT2D eigenvalue weighted by Gasteiger charge is 2.20. The van der Waals surface area contributed by atoms with Crippen LogP contribution in [-0.2, 0) is 0 Å². The zero-order chi connectivity index (χ0) is 15.6. The van der Waals surface area contributed by atoms with Crippen LogP contribution in [-0.4, -0.2) is 22.0 Å². The number of aromatic carboxylic acids is 1. The molecule has 1 heterocycles. The third-order valence-electron chi connectivity index (χ3n) is 2.57. The summed E-state index contributed by atoms with van der Waals surface area (Å²) in [5, 5.41) is 11.1. The smallest absolute Gasteiger partial charge is 0.339 e. The number of aromatic nitrogens is 1. The van der Waals surface area contributed by atoms with Crippen molar-refractivity contribution in [2.75, 3.05) is 5.32 Å². The van der Waals surface area contributed by atoms with Crippen molar-refractivity contribution in [3.05, 3.63) is 58.4 Å². The Hall–Kier alpha value is -2.54. The number of anilines is 1. The largest absolute Gasteiger partial charge is 0.478 e. The average molecular weight is 313 g/mol. The van der Waals surface area contributed by atoms with E-state index in [0.29, 0.717) is 0 Å². The molecule has 1 aromatic carbocycles. The lowest BCUT2D eigenvalue weighted by molar-refractivity contribution is 0.0698. The van der Waals surface area contributed by atoms with E-state index in [1.54, 1.807) is 0 Å². The number of carbonyl (C=O) groups excluding carboxylic acids is 1. The summed E-state index contributed by atoms with van der Waals surface area (Å²) in [6, 6.07) is 4.99. The van der Waals surface area contributed by atoms with E-state index in [0.717, 1.165) is 12.3 Å². The van der Waals surface area contributed by atoms with Gasteiger partial charge in [0.2, 0.25) is 5.95 Å². The molecule has 0 bridgehead atoms. The van der Waals surface area contributed by atoms with Crippen LogP contribution in [0.5, 0.6) is 0 Å². The molecule has 0 radical (unpaired) electrons. The number of hydrogen-bond acceptors (Lipinski definition) is 3. The van der Waals surface area contributed by atoms with Gasteiger partial charge in [0.1, 0.15) is 5.56 Å². The standard InChI is InChI=1S/C13H7ClF2N2O3/c14-7-2-1-3-8(9(7)13(20)21)18-12(19)6-4-5-17-11(16)10(6)15/h1-5H,(H,18,19)(H,20,21). The van der Waals surface area contributed by atoms with E-state index in [2.05, 4.69) is 10.3 Å². The van der Waals surface area contributed by atoms with E-state index < -0.39 is 29.2 Å². The number of nitrogens with one attached hydrogen (secondary N) is 1. The van der Waals surface area contributed by atoms with Crippen molar-refractivity contribution in [1.29, 1.82) is 0 Å². The van der Waals surface area contributed by atoms with Crippen LogP contribution in [0.25, 0.3) is 0 Å². The Morgan fingerprint density at radius 3 is 2.62 bits per heavy atom. The third kappa shape index (κ3) is 2.97. The summed E-state index contributed by atoms with van der Waals surface area (Å²) in [5.41, 5.74) is -1.07. The van der Waals surface area contributed by atoms with Gasteiger partial charge in [-0.25, -0.2) is 14.2 Å². The van der Waals surface area contributed by atoms with E-state index in [1.807, 2.05) is 0 Å². The lowest BCUT2D eigenvalue weighted by Crippen LogP contribution is -2.17. The van der Waals surface area contributed by atoms with Crippen LogP contribution in [0.15, 0.2) is 30.5 Å². The van der Waals surface area contributed by atoms with Crippen molar-refractivity contribution in [2.24, 2.45) is 0 Å². The van der Waals surface area contributed by atoms with Gasteiger partial charge < -0.3 is 10.4 Å². The van der Waals surface area contributed by atoms with Gasteiger partial charge in [-0.15, -0.1) is 0 Å². The molecule has 1 amide bonds. The highest BCUT2D eigenvalue weighted by molar-refractivity contribution is 6.34. The Morgan fingerprint density at radius 1 is 1.24 bits per heavy atom. The van der Waals surface area contributed by atoms with Crippen LogP contribution < -0.4 is 5.32 Å². The molecular weight excluding hydrogens is 306 g/mol. The fourth-order valence-electron chi connectivity index (χ4n) is 1.63. The average Bonchev–Trinajstić information content (AvgIpc) is 2.41. The number of carbonyl (C=O) groups is 2. The van der Waals surface area contributed by atoms with Gasteiger partial charge in [-0.05, 0) is 18.2 Å². The van der Waals surface area contributed by atoms with Gasteiger partial charge in [0, 0.05) is 6.20 Å². The number of benzene rings is 1.